The molecule has 38 heavy (non-hydrogen) atoms. The molecule has 4 heterocycles. The molecule has 2 aromatic heterocycles. The average molecular weight is 519 g/mol. The highest BCUT2D eigenvalue weighted by molar-refractivity contribution is 5.90. The molecule has 1 aromatic carbocycles. The van der Waals surface area contributed by atoms with Gasteiger partial charge in [-0.3, -0.25) is 15.0 Å². The normalized spacial score (nSPS) is 26.1. The molecule has 11 nitrogen and oxygen atoms in total. The van der Waals surface area contributed by atoms with Gasteiger partial charge in [-0.05, 0) is 44.5 Å². The Kier molecular flexibility index (Phi) is 5.82. The molecule has 2 N–H and O–H groups in total. The van der Waals surface area contributed by atoms with Crippen LogP contribution in [0.1, 0.15) is 32.2 Å². The lowest BCUT2D eigenvalue weighted by Crippen LogP contribution is -2.43. The number of carbonyl (C=O) groups excluding carboxylic acids is 2. The van der Waals surface area contributed by atoms with Crippen LogP contribution in [0.3, 0.4) is 0 Å². The van der Waals surface area contributed by atoms with E-state index in [2.05, 4.69) is 20.7 Å². The van der Waals surface area contributed by atoms with E-state index in [1.165, 1.54) is 0 Å². The summed E-state index contributed by atoms with van der Waals surface area (Å²) in [5, 5.41) is 13.4. The molecule has 11 heteroatoms. The molecule has 3 fully saturated rings. The Bertz CT molecular complexity index is 1330. The number of nitrogens with one attached hydrogen (secondary N) is 2. The van der Waals surface area contributed by atoms with E-state index in [9.17, 15) is 9.59 Å². The Morgan fingerprint density at radius 2 is 1.97 bits per heavy atom. The van der Waals surface area contributed by atoms with Crippen molar-refractivity contribution >= 4 is 17.9 Å². The van der Waals surface area contributed by atoms with Crippen LogP contribution in [-0.4, -0.2) is 64.0 Å². The van der Waals surface area contributed by atoms with Gasteiger partial charge in [0.1, 0.15) is 11.7 Å². The van der Waals surface area contributed by atoms with Crippen molar-refractivity contribution in [3.63, 3.8) is 0 Å². The minimum Gasteiger partial charge on any atom is -0.444 e. The number of hydrogen-bond acceptors (Lipinski definition) is 8. The molecular weight excluding hydrogens is 488 g/mol. The van der Waals surface area contributed by atoms with Crippen molar-refractivity contribution in [2.75, 3.05) is 24.7 Å². The van der Waals surface area contributed by atoms with Crippen molar-refractivity contribution in [2.45, 2.75) is 44.4 Å². The first kappa shape index (κ1) is 24.4. The highest BCUT2D eigenvalue weighted by Crippen LogP contribution is 2.62. The minimum absolute atomic E-state index is 0.129. The Labute approximate surface area is 219 Å². The summed E-state index contributed by atoms with van der Waals surface area (Å²) in [6.45, 7) is 7.08. The van der Waals surface area contributed by atoms with Gasteiger partial charge in [-0.25, -0.2) is 9.59 Å². The van der Waals surface area contributed by atoms with Gasteiger partial charge in [-0.15, -0.1) is 5.10 Å². The quantitative estimate of drug-likeness (QED) is 0.507. The molecule has 1 aliphatic carbocycles. The molecule has 3 aliphatic rings. The maximum absolute atomic E-state index is 12.9. The Hall–Kier alpha value is -3.99. The lowest BCUT2D eigenvalue weighted by atomic mass is 9.95. The lowest BCUT2D eigenvalue weighted by molar-refractivity contribution is 0.0448. The number of rotatable bonds is 6. The van der Waals surface area contributed by atoms with Gasteiger partial charge >= 0.3 is 12.2 Å². The molecular formula is C27H30N6O5. The van der Waals surface area contributed by atoms with Crippen molar-refractivity contribution in [3.05, 3.63) is 60.2 Å². The van der Waals surface area contributed by atoms with Gasteiger partial charge in [0.05, 0.1) is 42.9 Å². The Morgan fingerprint density at radius 3 is 2.66 bits per heavy atom. The zero-order chi connectivity index (χ0) is 26.5. The molecule has 1 saturated carbocycles. The van der Waals surface area contributed by atoms with Crippen LogP contribution in [0.2, 0.25) is 0 Å². The molecule has 2 aliphatic heterocycles. The summed E-state index contributed by atoms with van der Waals surface area (Å²) in [6.07, 6.45) is 2.75. The molecule has 0 radical (unpaired) electrons. The van der Waals surface area contributed by atoms with Gasteiger partial charge in [0.2, 0.25) is 0 Å². The number of aromatic nitrogens is 4. The van der Waals surface area contributed by atoms with Crippen LogP contribution in [0.5, 0.6) is 0 Å². The summed E-state index contributed by atoms with van der Waals surface area (Å²) < 4.78 is 16.8. The number of fused-ring (bicyclic) bond motifs is 1. The third-order valence-electron chi connectivity index (χ3n) is 7.33. The number of anilines is 1. The first-order valence-corrected chi connectivity index (χ1v) is 12.7. The first-order valence-electron chi connectivity index (χ1n) is 12.7. The van der Waals surface area contributed by atoms with Gasteiger partial charge in [0, 0.05) is 35.7 Å². The maximum Gasteiger partial charge on any atom is 0.414 e. The van der Waals surface area contributed by atoms with Gasteiger partial charge in [0.15, 0.2) is 0 Å². The van der Waals surface area contributed by atoms with Gasteiger partial charge in [-0.2, -0.15) is 0 Å². The van der Waals surface area contributed by atoms with Gasteiger partial charge < -0.3 is 19.5 Å². The van der Waals surface area contributed by atoms with Crippen molar-refractivity contribution in [1.82, 2.24) is 25.7 Å². The molecule has 2 saturated heterocycles. The summed E-state index contributed by atoms with van der Waals surface area (Å²) in [4.78, 5) is 31.8. The summed E-state index contributed by atoms with van der Waals surface area (Å²) >= 11 is 0. The predicted octanol–water partition coefficient (Wildman–Crippen LogP) is 3.43. The van der Waals surface area contributed by atoms with E-state index in [4.69, 9.17) is 19.2 Å². The molecule has 0 bridgehead atoms. The van der Waals surface area contributed by atoms with Crippen LogP contribution in [0.25, 0.3) is 11.1 Å². The number of alkyl carbamates (subject to hydrolysis) is 1. The van der Waals surface area contributed by atoms with Gasteiger partial charge in [-0.1, -0.05) is 23.4 Å². The number of amides is 2. The van der Waals surface area contributed by atoms with Crippen LogP contribution in [-0.2, 0) is 26.2 Å². The van der Waals surface area contributed by atoms with Crippen molar-refractivity contribution in [3.8, 4) is 11.1 Å². The zero-order valence-electron chi connectivity index (χ0n) is 21.5. The lowest BCUT2D eigenvalue weighted by Gasteiger charge is -2.27. The summed E-state index contributed by atoms with van der Waals surface area (Å²) in [5.41, 5.74) is 2.94. The highest BCUT2D eigenvalue weighted by Gasteiger charge is 2.71. The standard InChI is InChI=1S/C27H30N6O5/c1-26(2,3)38-24(34)30-27(21-14-36-15-22(21)27)23-20(5-4-10-28-23)16-6-8-18(9-7-16)33-13-19(37-25(33)35)11-17-12-29-32-31-17/h4-10,12,19,21-22H,11,13-15H2,1-3H3,(H,30,34)(H,29,31,32)/t19-,21?,22?,27?/m1/s1. The summed E-state index contributed by atoms with van der Waals surface area (Å²) in [6, 6.07) is 11.6. The molecule has 3 aromatic rings. The van der Waals surface area contributed by atoms with Crippen LogP contribution in [0.4, 0.5) is 15.3 Å². The van der Waals surface area contributed by atoms with E-state index in [0.29, 0.717) is 26.2 Å². The topological polar surface area (TPSA) is 132 Å². The fourth-order valence-electron chi connectivity index (χ4n) is 5.62. The number of pyridine rings is 1. The number of benzene rings is 1. The maximum atomic E-state index is 12.9. The van der Waals surface area contributed by atoms with Crippen LogP contribution in [0.15, 0.2) is 48.8 Å². The first-order chi connectivity index (χ1) is 18.2. The second kappa shape index (κ2) is 9.09. The van der Waals surface area contributed by atoms with E-state index < -0.39 is 17.2 Å². The molecule has 0 spiro atoms. The number of H-pyrrole nitrogens is 1. The van der Waals surface area contributed by atoms with Crippen molar-refractivity contribution in [2.24, 2.45) is 11.8 Å². The van der Waals surface area contributed by atoms with E-state index in [1.807, 2.05) is 57.2 Å². The van der Waals surface area contributed by atoms with Crippen LogP contribution >= 0.6 is 0 Å². The van der Waals surface area contributed by atoms with Crippen LogP contribution < -0.4 is 10.2 Å². The molecule has 2 amide bonds. The minimum atomic E-state index is -0.649. The average Bonchev–Trinajstić information content (AvgIpc) is 3.42. The fraction of sp³-hybridized carbons (Fsp3) is 0.444. The Balaban J connectivity index is 1.24. The number of nitrogens with zero attached hydrogens (tertiary/aromatic N) is 4. The fourth-order valence-corrected chi connectivity index (χ4v) is 5.62. The third kappa shape index (κ3) is 4.36. The molecule has 6 rings (SSSR count). The molecule has 198 valence electrons. The number of carbonyl (C=O) groups is 2. The van der Waals surface area contributed by atoms with E-state index in [0.717, 1.165) is 28.2 Å². The van der Waals surface area contributed by atoms with E-state index in [-0.39, 0.29) is 24.0 Å². The highest BCUT2D eigenvalue weighted by atomic mass is 16.6. The largest absolute Gasteiger partial charge is 0.444 e. The summed E-state index contributed by atoms with van der Waals surface area (Å²) in [5.74, 6) is 0.258. The second-order valence-electron chi connectivity index (χ2n) is 11.0. The van der Waals surface area contributed by atoms with Crippen molar-refractivity contribution < 1.29 is 23.8 Å². The smallest absolute Gasteiger partial charge is 0.414 e. The number of hydrogen-bond donors (Lipinski definition) is 2. The third-order valence-corrected chi connectivity index (χ3v) is 7.33. The second-order valence-corrected chi connectivity index (χ2v) is 11.0. The van der Waals surface area contributed by atoms with E-state index >= 15 is 0 Å². The monoisotopic (exact) mass is 518 g/mol. The zero-order valence-corrected chi connectivity index (χ0v) is 21.5. The van der Waals surface area contributed by atoms with Crippen molar-refractivity contribution in [1.29, 1.82) is 0 Å². The van der Waals surface area contributed by atoms with E-state index in [1.54, 1.807) is 17.3 Å². The number of aromatic amines is 1. The SMILES string of the molecule is CC(C)(C)OC(=O)NC1(c2ncccc2-c2ccc(N3C[C@@H](Cc4cnn[nH]4)OC3=O)cc2)C2COCC21. The molecule has 2 unspecified atom stereocenters. The van der Waals surface area contributed by atoms with Gasteiger partial charge in [0.25, 0.3) is 0 Å². The Morgan fingerprint density at radius 1 is 1.21 bits per heavy atom. The number of cyclic esters (lactones) is 1. The summed E-state index contributed by atoms with van der Waals surface area (Å²) in [7, 11) is 0. The van der Waals surface area contributed by atoms with Crippen LogP contribution in [0, 0.1) is 11.8 Å². The number of ether oxygens (including phenoxy) is 3. The predicted molar refractivity (Wildman–Crippen MR) is 136 cm³/mol. The molecule has 3 atom stereocenters.